The van der Waals surface area contributed by atoms with Gasteiger partial charge in [-0.1, -0.05) is 0 Å². The van der Waals surface area contributed by atoms with Gasteiger partial charge in [0, 0.05) is 5.69 Å². The van der Waals surface area contributed by atoms with Gasteiger partial charge < -0.3 is 9.84 Å². The molecule has 0 amide bonds. The highest BCUT2D eigenvalue weighted by atomic mass is 16.5. The standard InChI is InChI=1S/C12H15NO3/c1-9-3-4-10(8-13-9)16-12(5-2-6-12)7-11(14)15/h3-4,8H,2,5-7H2,1H3,(H,14,15). The van der Waals surface area contributed by atoms with Crippen LogP contribution in [-0.2, 0) is 4.79 Å². The maximum absolute atomic E-state index is 10.8. The Morgan fingerprint density at radius 2 is 2.31 bits per heavy atom. The van der Waals surface area contributed by atoms with Crippen molar-refractivity contribution >= 4 is 5.97 Å². The van der Waals surface area contributed by atoms with Crippen molar-refractivity contribution in [3.05, 3.63) is 24.0 Å². The average Bonchev–Trinajstić information content (AvgIpc) is 2.17. The van der Waals surface area contributed by atoms with E-state index in [1.807, 2.05) is 19.1 Å². The topological polar surface area (TPSA) is 59.4 Å². The number of carbonyl (C=O) groups is 1. The van der Waals surface area contributed by atoms with E-state index in [4.69, 9.17) is 9.84 Å². The zero-order valence-corrected chi connectivity index (χ0v) is 9.27. The lowest BCUT2D eigenvalue weighted by atomic mass is 9.77. The molecule has 1 fully saturated rings. The number of hydrogen-bond donors (Lipinski definition) is 1. The third kappa shape index (κ3) is 2.32. The van der Waals surface area contributed by atoms with E-state index in [0.29, 0.717) is 5.75 Å². The number of pyridine rings is 1. The quantitative estimate of drug-likeness (QED) is 0.846. The van der Waals surface area contributed by atoms with Gasteiger partial charge in [0.05, 0.1) is 12.6 Å². The normalized spacial score (nSPS) is 17.6. The van der Waals surface area contributed by atoms with E-state index in [9.17, 15) is 4.79 Å². The molecular weight excluding hydrogens is 206 g/mol. The summed E-state index contributed by atoms with van der Waals surface area (Å²) in [5, 5.41) is 8.84. The Bertz CT molecular complexity index is 382. The highest BCUT2D eigenvalue weighted by Gasteiger charge is 2.41. The molecule has 0 aromatic carbocycles. The molecule has 86 valence electrons. The van der Waals surface area contributed by atoms with Gasteiger partial charge in [-0.15, -0.1) is 0 Å². The highest BCUT2D eigenvalue weighted by Crippen LogP contribution is 2.39. The van der Waals surface area contributed by atoms with Crippen LogP contribution in [0.25, 0.3) is 0 Å². The molecule has 0 radical (unpaired) electrons. The van der Waals surface area contributed by atoms with Gasteiger partial charge in [-0.3, -0.25) is 9.78 Å². The first-order chi connectivity index (χ1) is 7.60. The van der Waals surface area contributed by atoms with Crippen LogP contribution in [0.3, 0.4) is 0 Å². The van der Waals surface area contributed by atoms with Crippen molar-refractivity contribution in [2.75, 3.05) is 0 Å². The summed E-state index contributed by atoms with van der Waals surface area (Å²) in [6.07, 6.45) is 4.38. The number of hydrogen-bond acceptors (Lipinski definition) is 3. The molecule has 0 spiro atoms. The Balaban J connectivity index is 2.06. The molecule has 0 atom stereocenters. The van der Waals surface area contributed by atoms with Crippen molar-refractivity contribution in [1.29, 1.82) is 0 Å². The largest absolute Gasteiger partial charge is 0.485 e. The van der Waals surface area contributed by atoms with Crippen molar-refractivity contribution in [3.63, 3.8) is 0 Å². The molecule has 0 saturated heterocycles. The Kier molecular flexibility index (Phi) is 2.81. The Labute approximate surface area is 94.3 Å². The molecule has 4 nitrogen and oxygen atoms in total. The van der Waals surface area contributed by atoms with Crippen LogP contribution < -0.4 is 4.74 Å². The number of aryl methyl sites for hydroxylation is 1. The van der Waals surface area contributed by atoms with Gasteiger partial charge in [-0.2, -0.15) is 0 Å². The highest BCUT2D eigenvalue weighted by molar-refractivity contribution is 5.68. The molecule has 1 N–H and O–H groups in total. The number of nitrogens with zero attached hydrogens (tertiary/aromatic N) is 1. The van der Waals surface area contributed by atoms with Crippen LogP contribution in [0, 0.1) is 6.92 Å². The number of carboxylic acid groups (broad SMARTS) is 1. The summed E-state index contributed by atoms with van der Waals surface area (Å²) in [6, 6.07) is 3.70. The zero-order valence-electron chi connectivity index (χ0n) is 9.27. The smallest absolute Gasteiger partial charge is 0.307 e. The molecule has 1 aliphatic rings. The second-order valence-electron chi connectivity index (χ2n) is 4.34. The minimum atomic E-state index is -0.806. The second-order valence-corrected chi connectivity index (χ2v) is 4.34. The molecule has 1 aromatic heterocycles. The van der Waals surface area contributed by atoms with Crippen LogP contribution in [0.15, 0.2) is 18.3 Å². The minimum absolute atomic E-state index is 0.0703. The van der Waals surface area contributed by atoms with Gasteiger partial charge in [0.25, 0.3) is 0 Å². The van der Waals surface area contributed by atoms with Crippen molar-refractivity contribution in [1.82, 2.24) is 4.98 Å². The van der Waals surface area contributed by atoms with Gasteiger partial charge in [-0.25, -0.2) is 0 Å². The molecule has 1 aliphatic carbocycles. The molecular formula is C12H15NO3. The fraction of sp³-hybridized carbons (Fsp3) is 0.500. The van der Waals surface area contributed by atoms with Crippen LogP contribution in [0.2, 0.25) is 0 Å². The van der Waals surface area contributed by atoms with Crippen LogP contribution in [0.1, 0.15) is 31.4 Å². The van der Waals surface area contributed by atoms with E-state index in [-0.39, 0.29) is 6.42 Å². The van der Waals surface area contributed by atoms with Crippen molar-refractivity contribution in [2.24, 2.45) is 0 Å². The summed E-state index contributed by atoms with van der Waals surface area (Å²) >= 11 is 0. The fourth-order valence-corrected chi connectivity index (χ4v) is 1.93. The predicted octanol–water partition coefficient (Wildman–Crippen LogP) is 2.17. The van der Waals surface area contributed by atoms with Crippen molar-refractivity contribution < 1.29 is 14.6 Å². The van der Waals surface area contributed by atoms with E-state index < -0.39 is 11.6 Å². The molecule has 0 bridgehead atoms. The maximum Gasteiger partial charge on any atom is 0.307 e. The molecule has 16 heavy (non-hydrogen) atoms. The first kappa shape index (κ1) is 10.9. The zero-order chi connectivity index (χ0) is 11.6. The average molecular weight is 221 g/mol. The lowest BCUT2D eigenvalue weighted by Crippen LogP contribution is -2.45. The SMILES string of the molecule is Cc1ccc(OC2(CC(=O)O)CCC2)cn1. The third-order valence-electron chi connectivity index (χ3n) is 2.96. The summed E-state index contributed by atoms with van der Waals surface area (Å²) in [5.41, 5.74) is 0.427. The number of rotatable bonds is 4. The van der Waals surface area contributed by atoms with Crippen LogP contribution in [0.4, 0.5) is 0 Å². The maximum atomic E-state index is 10.8. The van der Waals surface area contributed by atoms with Gasteiger partial charge >= 0.3 is 5.97 Å². The summed E-state index contributed by atoms with van der Waals surface area (Å²) < 4.78 is 5.76. The van der Waals surface area contributed by atoms with Gasteiger partial charge in [0.15, 0.2) is 0 Å². The van der Waals surface area contributed by atoms with Gasteiger partial charge in [0.2, 0.25) is 0 Å². The monoisotopic (exact) mass is 221 g/mol. The van der Waals surface area contributed by atoms with Crippen molar-refractivity contribution in [3.8, 4) is 5.75 Å². The van der Waals surface area contributed by atoms with E-state index >= 15 is 0 Å². The summed E-state index contributed by atoms with van der Waals surface area (Å²) in [7, 11) is 0. The van der Waals surface area contributed by atoms with Crippen molar-refractivity contribution in [2.45, 2.75) is 38.2 Å². The second kappa shape index (κ2) is 4.12. The first-order valence-electron chi connectivity index (χ1n) is 5.43. The molecule has 0 unspecified atom stereocenters. The Morgan fingerprint density at radius 3 is 2.75 bits per heavy atom. The lowest BCUT2D eigenvalue weighted by Gasteiger charge is -2.40. The fourth-order valence-electron chi connectivity index (χ4n) is 1.93. The first-order valence-corrected chi connectivity index (χ1v) is 5.43. The van der Waals surface area contributed by atoms with E-state index in [0.717, 1.165) is 25.0 Å². The number of ether oxygens (including phenoxy) is 1. The molecule has 4 heteroatoms. The van der Waals surface area contributed by atoms with E-state index in [2.05, 4.69) is 4.98 Å². The number of aliphatic carboxylic acids is 1. The Hall–Kier alpha value is -1.58. The molecule has 2 rings (SSSR count). The summed E-state index contributed by atoms with van der Waals surface area (Å²) in [5.74, 6) is -0.147. The number of carboxylic acids is 1. The predicted molar refractivity (Wildman–Crippen MR) is 58.4 cm³/mol. The van der Waals surface area contributed by atoms with Gasteiger partial charge in [0.1, 0.15) is 11.4 Å². The third-order valence-corrected chi connectivity index (χ3v) is 2.96. The number of aromatic nitrogens is 1. The van der Waals surface area contributed by atoms with Gasteiger partial charge in [-0.05, 0) is 38.3 Å². The molecule has 0 aliphatic heterocycles. The summed E-state index contributed by atoms with van der Waals surface area (Å²) in [4.78, 5) is 14.9. The molecule has 1 saturated carbocycles. The minimum Gasteiger partial charge on any atom is -0.485 e. The summed E-state index contributed by atoms with van der Waals surface area (Å²) in [6.45, 7) is 1.90. The van der Waals surface area contributed by atoms with Crippen LogP contribution in [-0.4, -0.2) is 21.7 Å². The lowest BCUT2D eigenvalue weighted by molar-refractivity contribution is -0.144. The van der Waals surface area contributed by atoms with E-state index in [1.54, 1.807) is 6.20 Å². The van der Waals surface area contributed by atoms with Crippen LogP contribution >= 0.6 is 0 Å². The van der Waals surface area contributed by atoms with E-state index in [1.165, 1.54) is 0 Å². The molecule has 1 heterocycles. The Morgan fingerprint density at radius 1 is 1.56 bits per heavy atom. The molecule has 1 aromatic rings. The van der Waals surface area contributed by atoms with Crippen LogP contribution in [0.5, 0.6) is 5.75 Å².